The van der Waals surface area contributed by atoms with Crippen molar-refractivity contribution in [3.63, 3.8) is 0 Å². The van der Waals surface area contributed by atoms with Gasteiger partial charge in [-0.2, -0.15) is 10.1 Å². The third-order valence-electron chi connectivity index (χ3n) is 5.98. The normalized spacial score (nSPS) is 18.1. The average molecular weight is 405 g/mol. The Balaban J connectivity index is 1.23. The van der Waals surface area contributed by atoms with E-state index in [1.54, 1.807) is 29.1 Å². The molecule has 154 valence electrons. The second-order valence-corrected chi connectivity index (χ2v) is 7.82. The SMILES string of the molecule is Cc1c(CC=CN2CCN3c4cccc(F)c4CC3C2)cnn1-c1nccc(N)n1. The van der Waals surface area contributed by atoms with Gasteiger partial charge in [0.2, 0.25) is 0 Å². The van der Waals surface area contributed by atoms with E-state index in [1.165, 1.54) is 0 Å². The molecule has 1 unspecified atom stereocenters. The van der Waals surface area contributed by atoms with Crippen LogP contribution in [0.5, 0.6) is 0 Å². The Kier molecular flexibility index (Phi) is 4.61. The summed E-state index contributed by atoms with van der Waals surface area (Å²) in [6, 6.07) is 7.39. The number of piperazine rings is 1. The van der Waals surface area contributed by atoms with Crippen LogP contribution in [0.3, 0.4) is 0 Å². The summed E-state index contributed by atoms with van der Waals surface area (Å²) in [5.74, 6) is 0.817. The lowest BCUT2D eigenvalue weighted by molar-refractivity contribution is 0.303. The molecule has 1 saturated heterocycles. The smallest absolute Gasteiger partial charge is 0.252 e. The van der Waals surface area contributed by atoms with E-state index in [1.807, 2.05) is 19.2 Å². The number of aromatic nitrogens is 4. The number of hydrogen-bond donors (Lipinski definition) is 1. The summed E-state index contributed by atoms with van der Waals surface area (Å²) >= 11 is 0. The van der Waals surface area contributed by atoms with Crippen molar-refractivity contribution in [2.45, 2.75) is 25.8 Å². The fourth-order valence-electron chi connectivity index (χ4n) is 4.40. The van der Waals surface area contributed by atoms with Gasteiger partial charge in [0.1, 0.15) is 11.6 Å². The predicted octanol–water partition coefficient (Wildman–Crippen LogP) is 2.50. The highest BCUT2D eigenvalue weighted by Gasteiger charge is 2.34. The van der Waals surface area contributed by atoms with Gasteiger partial charge in [-0.3, -0.25) is 0 Å². The molecule has 4 heterocycles. The van der Waals surface area contributed by atoms with Crippen LogP contribution in [0.25, 0.3) is 5.95 Å². The molecule has 1 atom stereocenters. The van der Waals surface area contributed by atoms with E-state index in [9.17, 15) is 4.39 Å². The van der Waals surface area contributed by atoms with Crippen LogP contribution < -0.4 is 10.6 Å². The van der Waals surface area contributed by atoms with E-state index in [4.69, 9.17) is 5.73 Å². The molecule has 7 nitrogen and oxygen atoms in total. The first-order chi connectivity index (χ1) is 14.6. The summed E-state index contributed by atoms with van der Waals surface area (Å²) in [4.78, 5) is 13.2. The molecule has 2 aliphatic rings. The van der Waals surface area contributed by atoms with Gasteiger partial charge < -0.3 is 15.5 Å². The molecular formula is C22H24FN7. The lowest BCUT2D eigenvalue weighted by Gasteiger charge is -2.38. The summed E-state index contributed by atoms with van der Waals surface area (Å²) in [6.45, 7) is 4.75. The maximum Gasteiger partial charge on any atom is 0.252 e. The summed E-state index contributed by atoms with van der Waals surface area (Å²) in [7, 11) is 0. The predicted molar refractivity (Wildman–Crippen MR) is 114 cm³/mol. The minimum absolute atomic E-state index is 0.0827. The van der Waals surface area contributed by atoms with Gasteiger partial charge in [-0.25, -0.2) is 14.1 Å². The first-order valence-electron chi connectivity index (χ1n) is 10.2. The molecule has 0 radical (unpaired) electrons. The quantitative estimate of drug-likeness (QED) is 0.719. The molecular weight excluding hydrogens is 381 g/mol. The van der Waals surface area contributed by atoms with Gasteiger partial charge in [-0.1, -0.05) is 12.1 Å². The van der Waals surface area contributed by atoms with Gasteiger partial charge in [0.05, 0.1) is 12.2 Å². The van der Waals surface area contributed by atoms with Crippen LogP contribution in [0.1, 0.15) is 16.8 Å². The Morgan fingerprint density at radius 2 is 2.17 bits per heavy atom. The fraction of sp³-hybridized carbons (Fsp3) is 0.318. The molecule has 5 rings (SSSR count). The molecule has 30 heavy (non-hydrogen) atoms. The van der Waals surface area contributed by atoms with Crippen LogP contribution in [-0.2, 0) is 12.8 Å². The van der Waals surface area contributed by atoms with Gasteiger partial charge in [-0.05, 0) is 49.7 Å². The number of nitrogens with two attached hydrogens (primary N) is 1. The van der Waals surface area contributed by atoms with Crippen LogP contribution in [-0.4, -0.2) is 50.3 Å². The molecule has 1 fully saturated rings. The first kappa shape index (κ1) is 18.6. The molecule has 0 spiro atoms. The maximum absolute atomic E-state index is 14.1. The van der Waals surface area contributed by atoms with E-state index >= 15 is 0 Å². The third kappa shape index (κ3) is 3.28. The van der Waals surface area contributed by atoms with E-state index in [0.29, 0.717) is 17.8 Å². The van der Waals surface area contributed by atoms with Crippen molar-refractivity contribution in [3.8, 4) is 5.95 Å². The van der Waals surface area contributed by atoms with Gasteiger partial charge in [0.15, 0.2) is 0 Å². The highest BCUT2D eigenvalue weighted by molar-refractivity contribution is 5.60. The highest BCUT2D eigenvalue weighted by Crippen LogP contribution is 2.35. The summed E-state index contributed by atoms with van der Waals surface area (Å²) in [5, 5.41) is 4.41. The number of allylic oxidation sites excluding steroid dienone is 1. The van der Waals surface area contributed by atoms with Crippen molar-refractivity contribution < 1.29 is 4.39 Å². The monoisotopic (exact) mass is 405 g/mol. The zero-order chi connectivity index (χ0) is 20.7. The number of nitrogen functional groups attached to an aromatic ring is 1. The standard InChI is InChI=1S/C22H24FN7/c1-15-16(13-26-30(15)22-25-8-7-21(24)27-22)4-3-9-28-10-11-29-17(14-28)12-18-19(23)5-2-6-20(18)29/h2-3,5-9,13,17H,4,10-12,14H2,1H3,(H2,24,25,27). The van der Waals surface area contributed by atoms with Crippen LogP contribution in [0.2, 0.25) is 0 Å². The van der Waals surface area contributed by atoms with Crippen LogP contribution in [0.4, 0.5) is 15.9 Å². The molecule has 0 aliphatic carbocycles. The topological polar surface area (TPSA) is 76.1 Å². The van der Waals surface area contributed by atoms with E-state index in [2.05, 4.69) is 37.1 Å². The van der Waals surface area contributed by atoms with Gasteiger partial charge in [-0.15, -0.1) is 0 Å². The zero-order valence-corrected chi connectivity index (χ0v) is 16.9. The van der Waals surface area contributed by atoms with Crippen molar-refractivity contribution in [2.24, 2.45) is 0 Å². The molecule has 0 bridgehead atoms. The second-order valence-electron chi connectivity index (χ2n) is 7.82. The lowest BCUT2D eigenvalue weighted by atomic mass is 10.1. The number of fused-ring (bicyclic) bond motifs is 3. The summed E-state index contributed by atoms with van der Waals surface area (Å²) in [6.07, 6.45) is 9.34. The lowest BCUT2D eigenvalue weighted by Crippen LogP contribution is -2.49. The number of halogens is 1. The van der Waals surface area contributed by atoms with E-state index in [-0.39, 0.29) is 5.82 Å². The molecule has 2 N–H and O–H groups in total. The summed E-state index contributed by atoms with van der Waals surface area (Å²) < 4.78 is 15.8. The third-order valence-corrected chi connectivity index (χ3v) is 5.98. The largest absolute Gasteiger partial charge is 0.384 e. The van der Waals surface area contributed by atoms with Crippen molar-refractivity contribution >= 4 is 11.5 Å². The number of benzene rings is 1. The molecule has 0 saturated carbocycles. The Bertz CT molecular complexity index is 1110. The number of anilines is 2. The van der Waals surface area contributed by atoms with Crippen LogP contribution >= 0.6 is 0 Å². The molecule has 8 heteroatoms. The minimum atomic E-state index is -0.0827. The molecule has 0 amide bonds. The highest BCUT2D eigenvalue weighted by atomic mass is 19.1. The first-order valence-corrected chi connectivity index (χ1v) is 10.2. The van der Waals surface area contributed by atoms with Crippen LogP contribution in [0, 0.1) is 12.7 Å². The van der Waals surface area contributed by atoms with Crippen molar-refractivity contribution in [2.75, 3.05) is 30.3 Å². The van der Waals surface area contributed by atoms with Gasteiger partial charge >= 0.3 is 0 Å². The van der Waals surface area contributed by atoms with Gasteiger partial charge in [0.25, 0.3) is 5.95 Å². The number of rotatable bonds is 4. The van der Waals surface area contributed by atoms with Crippen molar-refractivity contribution in [3.05, 3.63) is 71.6 Å². The Hall–Kier alpha value is -3.42. The zero-order valence-electron chi connectivity index (χ0n) is 16.9. The average Bonchev–Trinajstić information content (AvgIpc) is 3.29. The molecule has 2 aliphatic heterocycles. The number of hydrogen-bond acceptors (Lipinski definition) is 6. The Morgan fingerprint density at radius 1 is 1.27 bits per heavy atom. The summed E-state index contributed by atoms with van der Waals surface area (Å²) in [5.41, 5.74) is 9.80. The Morgan fingerprint density at radius 3 is 3.03 bits per heavy atom. The maximum atomic E-state index is 14.1. The minimum Gasteiger partial charge on any atom is -0.384 e. The molecule has 2 aromatic heterocycles. The molecule has 1 aromatic carbocycles. The Labute approximate surface area is 174 Å². The van der Waals surface area contributed by atoms with Gasteiger partial charge in [0, 0.05) is 42.8 Å². The van der Waals surface area contributed by atoms with Crippen molar-refractivity contribution in [1.29, 1.82) is 0 Å². The van der Waals surface area contributed by atoms with E-state index in [0.717, 1.165) is 55.0 Å². The fourth-order valence-corrected chi connectivity index (χ4v) is 4.40. The van der Waals surface area contributed by atoms with Crippen LogP contribution in [0.15, 0.2) is 48.9 Å². The van der Waals surface area contributed by atoms with Crippen molar-refractivity contribution in [1.82, 2.24) is 24.6 Å². The molecule has 3 aromatic rings. The van der Waals surface area contributed by atoms with E-state index < -0.39 is 0 Å². The second kappa shape index (κ2) is 7.44. The number of nitrogens with zero attached hydrogens (tertiary/aromatic N) is 6.